The zero-order valence-electron chi connectivity index (χ0n) is 12.9. The van der Waals surface area contributed by atoms with Crippen molar-refractivity contribution in [2.75, 3.05) is 6.54 Å². The first-order valence-corrected chi connectivity index (χ1v) is 8.03. The molecule has 0 atom stereocenters. The van der Waals surface area contributed by atoms with Gasteiger partial charge in [-0.05, 0) is 19.8 Å². The van der Waals surface area contributed by atoms with Crippen molar-refractivity contribution in [2.45, 2.75) is 51.7 Å². The Bertz CT molecular complexity index is 650. The molecule has 0 unspecified atom stereocenters. The third kappa shape index (κ3) is 2.29. The number of hydrogen-bond donors (Lipinski definition) is 0. The maximum Gasteiger partial charge on any atom is 0.122 e. The summed E-state index contributed by atoms with van der Waals surface area (Å²) in [5.74, 6) is 3.21. The predicted molar refractivity (Wildman–Crippen MR) is 80.9 cm³/mol. The van der Waals surface area contributed by atoms with Gasteiger partial charge in [0.2, 0.25) is 0 Å². The second-order valence-electron chi connectivity index (χ2n) is 6.29. The molecule has 0 bridgehead atoms. The van der Waals surface area contributed by atoms with Crippen LogP contribution in [0.5, 0.6) is 0 Å². The minimum Gasteiger partial charge on any atom is -0.335 e. The summed E-state index contributed by atoms with van der Waals surface area (Å²) in [7, 11) is 2.19. The molecule has 5 nitrogen and oxygen atoms in total. The Morgan fingerprint density at radius 1 is 1.33 bits per heavy atom. The van der Waals surface area contributed by atoms with Gasteiger partial charge in [-0.3, -0.25) is 4.90 Å². The summed E-state index contributed by atoms with van der Waals surface area (Å²) in [5, 5.41) is 0. The summed E-state index contributed by atoms with van der Waals surface area (Å²) >= 11 is 0. The van der Waals surface area contributed by atoms with Crippen LogP contribution in [0.4, 0.5) is 0 Å². The van der Waals surface area contributed by atoms with E-state index >= 15 is 0 Å². The van der Waals surface area contributed by atoms with E-state index in [1.165, 1.54) is 35.9 Å². The molecule has 0 amide bonds. The van der Waals surface area contributed by atoms with Crippen molar-refractivity contribution in [3.8, 4) is 0 Å². The lowest BCUT2D eigenvalue weighted by atomic mass is 10.1. The number of nitrogens with zero attached hydrogens (tertiary/aromatic N) is 5. The van der Waals surface area contributed by atoms with E-state index in [0.717, 1.165) is 38.5 Å². The highest BCUT2D eigenvalue weighted by atomic mass is 15.2. The minimum absolute atomic E-state index is 0.730. The van der Waals surface area contributed by atoms with E-state index in [9.17, 15) is 0 Å². The van der Waals surface area contributed by atoms with Crippen LogP contribution in [-0.2, 0) is 33.1 Å². The van der Waals surface area contributed by atoms with Crippen LogP contribution in [0.15, 0.2) is 12.4 Å². The van der Waals surface area contributed by atoms with Crippen molar-refractivity contribution in [2.24, 2.45) is 7.05 Å². The zero-order valence-corrected chi connectivity index (χ0v) is 12.9. The molecular weight excluding hydrogens is 262 g/mol. The molecule has 2 aliphatic rings. The fourth-order valence-electron chi connectivity index (χ4n) is 3.42. The highest BCUT2D eigenvalue weighted by molar-refractivity contribution is 5.23. The summed E-state index contributed by atoms with van der Waals surface area (Å²) in [6.45, 7) is 6.15. The molecule has 5 heteroatoms. The van der Waals surface area contributed by atoms with E-state index in [1.807, 2.05) is 6.20 Å². The van der Waals surface area contributed by atoms with Crippen molar-refractivity contribution >= 4 is 0 Å². The van der Waals surface area contributed by atoms with Gasteiger partial charge in [0.05, 0.1) is 12.2 Å². The monoisotopic (exact) mass is 285 g/mol. The maximum atomic E-state index is 4.93. The molecule has 0 radical (unpaired) electrons. The van der Waals surface area contributed by atoms with Crippen molar-refractivity contribution in [3.63, 3.8) is 0 Å². The topological polar surface area (TPSA) is 38.9 Å². The molecule has 4 rings (SSSR count). The Balaban J connectivity index is 1.52. The third-order valence-electron chi connectivity index (χ3n) is 4.82. The van der Waals surface area contributed by atoms with Gasteiger partial charge in [0, 0.05) is 57.1 Å². The quantitative estimate of drug-likeness (QED) is 0.863. The molecule has 112 valence electrons. The lowest BCUT2D eigenvalue weighted by Gasteiger charge is -2.26. The van der Waals surface area contributed by atoms with Gasteiger partial charge < -0.3 is 9.13 Å². The van der Waals surface area contributed by atoms with Crippen molar-refractivity contribution in [3.05, 3.63) is 35.4 Å². The number of aromatic nitrogens is 4. The van der Waals surface area contributed by atoms with Crippen LogP contribution >= 0.6 is 0 Å². The third-order valence-corrected chi connectivity index (χ3v) is 4.82. The summed E-state index contributed by atoms with van der Waals surface area (Å²) < 4.78 is 4.58. The van der Waals surface area contributed by atoms with Gasteiger partial charge in [-0.25, -0.2) is 9.97 Å². The first-order valence-electron chi connectivity index (χ1n) is 8.03. The molecule has 3 heterocycles. The minimum atomic E-state index is 0.730. The Morgan fingerprint density at radius 3 is 2.95 bits per heavy atom. The van der Waals surface area contributed by atoms with Crippen LogP contribution in [0, 0.1) is 0 Å². The van der Waals surface area contributed by atoms with Gasteiger partial charge in [-0.1, -0.05) is 0 Å². The molecule has 0 saturated heterocycles. The number of hydrogen-bond acceptors (Lipinski definition) is 3. The molecule has 0 spiro atoms. The molecule has 1 saturated carbocycles. The largest absolute Gasteiger partial charge is 0.335 e. The van der Waals surface area contributed by atoms with Crippen molar-refractivity contribution < 1.29 is 0 Å². The zero-order chi connectivity index (χ0) is 14.4. The van der Waals surface area contributed by atoms with Crippen LogP contribution in [0.25, 0.3) is 0 Å². The lowest BCUT2D eigenvalue weighted by Crippen LogP contribution is -2.31. The summed E-state index contributed by atoms with van der Waals surface area (Å²) in [6, 6.07) is 0. The molecule has 2 aromatic heterocycles. The standard InChI is InChI=1S/C16H23N5/c1-3-21-9-7-17-15(21)11-20-8-6-14-13(10-20)18-16(19(14)2)12-4-5-12/h7,9,12H,3-6,8,10-11H2,1-2H3. The summed E-state index contributed by atoms with van der Waals surface area (Å²) in [4.78, 5) is 11.9. The SMILES string of the molecule is CCn1ccnc1CN1CCc2c(nc(C3CC3)n2C)C1. The molecular formula is C16H23N5. The Hall–Kier alpha value is -1.62. The van der Waals surface area contributed by atoms with Crippen LogP contribution in [-0.4, -0.2) is 30.5 Å². The maximum absolute atomic E-state index is 4.93. The Labute approximate surface area is 125 Å². The van der Waals surface area contributed by atoms with Crippen LogP contribution in [0.3, 0.4) is 0 Å². The van der Waals surface area contributed by atoms with E-state index in [-0.39, 0.29) is 0 Å². The van der Waals surface area contributed by atoms with Crippen LogP contribution in [0.2, 0.25) is 0 Å². The van der Waals surface area contributed by atoms with Gasteiger partial charge in [-0.15, -0.1) is 0 Å². The van der Waals surface area contributed by atoms with Crippen LogP contribution in [0.1, 0.15) is 48.7 Å². The van der Waals surface area contributed by atoms with Crippen molar-refractivity contribution in [1.82, 2.24) is 24.0 Å². The Kier molecular flexibility index (Phi) is 3.10. The first kappa shape index (κ1) is 13.1. The van der Waals surface area contributed by atoms with E-state index in [2.05, 4.69) is 39.2 Å². The molecule has 2 aromatic rings. The van der Waals surface area contributed by atoms with E-state index < -0.39 is 0 Å². The van der Waals surface area contributed by atoms with Crippen molar-refractivity contribution in [1.29, 1.82) is 0 Å². The highest BCUT2D eigenvalue weighted by Crippen LogP contribution is 2.40. The second kappa shape index (κ2) is 4.98. The Morgan fingerprint density at radius 2 is 2.19 bits per heavy atom. The first-order chi connectivity index (χ1) is 10.3. The molecule has 1 aliphatic heterocycles. The average Bonchev–Trinajstić information content (AvgIpc) is 3.16. The van der Waals surface area contributed by atoms with E-state index in [0.29, 0.717) is 0 Å². The lowest BCUT2D eigenvalue weighted by molar-refractivity contribution is 0.231. The van der Waals surface area contributed by atoms with Gasteiger partial charge in [0.1, 0.15) is 11.6 Å². The molecule has 1 fully saturated rings. The summed E-state index contributed by atoms with van der Waals surface area (Å²) in [5.41, 5.74) is 2.74. The second-order valence-corrected chi connectivity index (χ2v) is 6.29. The summed E-state index contributed by atoms with van der Waals surface area (Å²) in [6.07, 6.45) is 7.72. The predicted octanol–water partition coefficient (Wildman–Crippen LogP) is 2.07. The number of aryl methyl sites for hydroxylation is 1. The molecule has 21 heavy (non-hydrogen) atoms. The van der Waals surface area contributed by atoms with Gasteiger partial charge >= 0.3 is 0 Å². The van der Waals surface area contributed by atoms with Crippen LogP contribution < -0.4 is 0 Å². The fraction of sp³-hybridized carbons (Fsp3) is 0.625. The van der Waals surface area contributed by atoms with Gasteiger partial charge in [-0.2, -0.15) is 0 Å². The highest BCUT2D eigenvalue weighted by Gasteiger charge is 2.31. The number of imidazole rings is 2. The normalized spacial score (nSPS) is 19.0. The molecule has 1 aliphatic carbocycles. The number of rotatable bonds is 4. The average molecular weight is 285 g/mol. The van der Waals surface area contributed by atoms with Gasteiger partial charge in [0.15, 0.2) is 0 Å². The fourth-order valence-corrected chi connectivity index (χ4v) is 3.42. The van der Waals surface area contributed by atoms with E-state index in [1.54, 1.807) is 0 Å². The molecule has 0 N–H and O–H groups in total. The molecule has 0 aromatic carbocycles. The van der Waals surface area contributed by atoms with Gasteiger partial charge in [0.25, 0.3) is 0 Å². The van der Waals surface area contributed by atoms with E-state index in [4.69, 9.17) is 4.98 Å². The smallest absolute Gasteiger partial charge is 0.122 e. The number of fused-ring (bicyclic) bond motifs is 1.